The van der Waals surface area contributed by atoms with Crippen molar-refractivity contribution in [3.8, 4) is 0 Å². The van der Waals surface area contributed by atoms with E-state index in [4.69, 9.17) is 5.84 Å². The van der Waals surface area contributed by atoms with E-state index in [1.165, 1.54) is 0 Å². The van der Waals surface area contributed by atoms with Gasteiger partial charge in [-0.1, -0.05) is 0 Å². The summed E-state index contributed by atoms with van der Waals surface area (Å²) in [6.45, 7) is 1.97. The number of hydrogen-bond donors (Lipinski definition) is 2. The van der Waals surface area contributed by atoms with E-state index in [0.717, 1.165) is 44.0 Å². The van der Waals surface area contributed by atoms with Crippen LogP contribution in [0, 0.1) is 0 Å². The standard InChI is InChI=1S/C13H20N6O/c1-18-5-2-6-19(8-12(18)20)11-7-10(17-14)15-13(16-11)9-3-4-9/h7,9H,2-6,8,14H2,1H3,(H,15,16,17). The molecular weight excluding hydrogens is 256 g/mol. The van der Waals surface area contributed by atoms with Gasteiger partial charge < -0.3 is 15.2 Å². The van der Waals surface area contributed by atoms with E-state index in [0.29, 0.717) is 18.3 Å². The maximum atomic E-state index is 12.0. The summed E-state index contributed by atoms with van der Waals surface area (Å²) in [6, 6.07) is 1.81. The predicted molar refractivity (Wildman–Crippen MR) is 76.3 cm³/mol. The zero-order valence-corrected chi connectivity index (χ0v) is 11.7. The van der Waals surface area contributed by atoms with Gasteiger partial charge in [-0.25, -0.2) is 15.8 Å². The molecule has 1 aromatic rings. The summed E-state index contributed by atoms with van der Waals surface area (Å²) < 4.78 is 0. The van der Waals surface area contributed by atoms with Gasteiger partial charge >= 0.3 is 0 Å². The number of likely N-dealkylation sites (N-methyl/N-ethyl adjacent to an activating group) is 1. The second-order valence-electron chi connectivity index (χ2n) is 5.48. The molecule has 1 saturated heterocycles. The van der Waals surface area contributed by atoms with Crippen LogP contribution in [0.5, 0.6) is 0 Å². The van der Waals surface area contributed by atoms with Gasteiger partial charge in [0.2, 0.25) is 5.91 Å². The van der Waals surface area contributed by atoms with Crippen LogP contribution in [0.1, 0.15) is 31.0 Å². The monoisotopic (exact) mass is 276 g/mol. The average molecular weight is 276 g/mol. The number of hydrogen-bond acceptors (Lipinski definition) is 6. The lowest BCUT2D eigenvalue weighted by Crippen LogP contribution is -2.35. The Kier molecular flexibility index (Phi) is 3.43. The number of rotatable bonds is 3. The first-order valence-corrected chi connectivity index (χ1v) is 7.02. The van der Waals surface area contributed by atoms with Crippen LogP contribution < -0.4 is 16.2 Å². The largest absolute Gasteiger partial charge is 0.347 e. The van der Waals surface area contributed by atoms with Crippen LogP contribution in [0.15, 0.2) is 6.07 Å². The number of nitrogen functional groups attached to an aromatic ring is 1. The van der Waals surface area contributed by atoms with Crippen molar-refractivity contribution in [2.24, 2.45) is 5.84 Å². The van der Waals surface area contributed by atoms with Crippen LogP contribution in [-0.2, 0) is 4.79 Å². The van der Waals surface area contributed by atoms with Gasteiger partial charge in [0, 0.05) is 32.1 Å². The number of aromatic nitrogens is 2. The molecule has 2 fully saturated rings. The van der Waals surface area contributed by atoms with Crippen molar-refractivity contribution in [3.63, 3.8) is 0 Å². The summed E-state index contributed by atoms with van der Waals surface area (Å²) in [5.41, 5.74) is 2.59. The molecule has 3 rings (SSSR count). The van der Waals surface area contributed by atoms with Gasteiger partial charge in [-0.15, -0.1) is 0 Å². The van der Waals surface area contributed by atoms with Gasteiger partial charge in [-0.2, -0.15) is 0 Å². The molecule has 1 amide bonds. The van der Waals surface area contributed by atoms with E-state index in [1.807, 2.05) is 18.0 Å². The molecule has 2 aliphatic rings. The Balaban J connectivity index is 1.87. The molecule has 0 aromatic carbocycles. The molecule has 2 heterocycles. The molecule has 0 radical (unpaired) electrons. The SMILES string of the molecule is CN1CCCN(c2cc(NN)nc(C3CC3)n2)CC1=O. The van der Waals surface area contributed by atoms with Crippen LogP contribution in [-0.4, -0.2) is 47.5 Å². The lowest BCUT2D eigenvalue weighted by molar-refractivity contribution is -0.127. The van der Waals surface area contributed by atoms with Crippen molar-refractivity contribution >= 4 is 17.5 Å². The molecule has 7 heteroatoms. The molecule has 20 heavy (non-hydrogen) atoms. The minimum absolute atomic E-state index is 0.122. The minimum atomic E-state index is 0.122. The Morgan fingerprint density at radius 2 is 2.15 bits per heavy atom. The fourth-order valence-corrected chi connectivity index (χ4v) is 2.39. The van der Waals surface area contributed by atoms with E-state index in [1.54, 1.807) is 4.90 Å². The Hall–Kier alpha value is -1.89. The maximum Gasteiger partial charge on any atom is 0.241 e. The highest BCUT2D eigenvalue weighted by Crippen LogP contribution is 2.39. The first kappa shape index (κ1) is 13.1. The molecule has 7 nitrogen and oxygen atoms in total. The van der Waals surface area contributed by atoms with Crippen molar-refractivity contribution < 1.29 is 4.79 Å². The molecule has 0 spiro atoms. The van der Waals surface area contributed by atoms with Gasteiger partial charge in [0.1, 0.15) is 17.5 Å². The van der Waals surface area contributed by atoms with E-state index in [9.17, 15) is 4.79 Å². The van der Waals surface area contributed by atoms with Crippen molar-refractivity contribution in [1.29, 1.82) is 0 Å². The third-order valence-corrected chi connectivity index (χ3v) is 3.82. The van der Waals surface area contributed by atoms with Crippen molar-refractivity contribution in [2.75, 3.05) is 37.0 Å². The van der Waals surface area contributed by atoms with Crippen LogP contribution in [0.25, 0.3) is 0 Å². The Labute approximate surface area is 118 Å². The highest BCUT2D eigenvalue weighted by Gasteiger charge is 2.28. The summed E-state index contributed by atoms with van der Waals surface area (Å²) in [5, 5.41) is 0. The first-order chi connectivity index (χ1) is 9.67. The summed E-state index contributed by atoms with van der Waals surface area (Å²) in [4.78, 5) is 24.8. The lowest BCUT2D eigenvalue weighted by Gasteiger charge is -2.21. The molecule has 1 saturated carbocycles. The third kappa shape index (κ3) is 2.67. The maximum absolute atomic E-state index is 12.0. The van der Waals surface area contributed by atoms with Gasteiger partial charge in [-0.05, 0) is 19.3 Å². The van der Waals surface area contributed by atoms with Crippen molar-refractivity contribution in [3.05, 3.63) is 11.9 Å². The number of nitrogens with two attached hydrogens (primary N) is 1. The topological polar surface area (TPSA) is 87.4 Å². The van der Waals surface area contributed by atoms with Crippen LogP contribution >= 0.6 is 0 Å². The zero-order chi connectivity index (χ0) is 14.1. The zero-order valence-electron chi connectivity index (χ0n) is 11.7. The van der Waals surface area contributed by atoms with Crippen molar-refractivity contribution in [1.82, 2.24) is 14.9 Å². The first-order valence-electron chi connectivity index (χ1n) is 7.02. The second kappa shape index (κ2) is 5.24. The fraction of sp³-hybridized carbons (Fsp3) is 0.615. The molecule has 108 valence electrons. The number of nitrogens with one attached hydrogen (secondary N) is 1. The van der Waals surface area contributed by atoms with Gasteiger partial charge in [0.15, 0.2) is 0 Å². The Bertz CT molecular complexity index is 516. The predicted octanol–water partition coefficient (Wildman–Crippen LogP) is 0.308. The summed E-state index contributed by atoms with van der Waals surface area (Å²) in [7, 11) is 1.84. The second-order valence-corrected chi connectivity index (χ2v) is 5.48. The highest BCUT2D eigenvalue weighted by atomic mass is 16.2. The number of carbonyl (C=O) groups is 1. The number of hydrazine groups is 1. The van der Waals surface area contributed by atoms with Crippen LogP contribution in [0.3, 0.4) is 0 Å². The van der Waals surface area contributed by atoms with Crippen molar-refractivity contribution in [2.45, 2.75) is 25.2 Å². The molecule has 3 N–H and O–H groups in total. The Morgan fingerprint density at radius 1 is 1.35 bits per heavy atom. The third-order valence-electron chi connectivity index (χ3n) is 3.82. The van der Waals surface area contributed by atoms with Crippen LogP contribution in [0.4, 0.5) is 11.6 Å². The summed E-state index contributed by atoms with van der Waals surface area (Å²) >= 11 is 0. The molecule has 1 aliphatic carbocycles. The lowest BCUT2D eigenvalue weighted by atomic mass is 10.3. The molecule has 0 atom stereocenters. The molecule has 0 bridgehead atoms. The summed E-state index contributed by atoms with van der Waals surface area (Å²) in [6.07, 6.45) is 3.21. The van der Waals surface area contributed by atoms with E-state index in [-0.39, 0.29) is 5.91 Å². The van der Waals surface area contributed by atoms with E-state index < -0.39 is 0 Å². The van der Waals surface area contributed by atoms with Gasteiger partial charge in [0.05, 0.1) is 6.54 Å². The van der Waals surface area contributed by atoms with E-state index >= 15 is 0 Å². The molecule has 1 aliphatic heterocycles. The Morgan fingerprint density at radius 3 is 2.85 bits per heavy atom. The normalized spacial score (nSPS) is 20.0. The molecule has 0 unspecified atom stereocenters. The van der Waals surface area contributed by atoms with E-state index in [2.05, 4.69) is 15.4 Å². The summed E-state index contributed by atoms with van der Waals surface area (Å²) in [5.74, 6) is 8.29. The number of anilines is 2. The fourth-order valence-electron chi connectivity index (χ4n) is 2.39. The average Bonchev–Trinajstić information content (AvgIpc) is 3.29. The highest BCUT2D eigenvalue weighted by molar-refractivity contribution is 5.81. The quantitative estimate of drug-likeness (QED) is 0.610. The van der Waals surface area contributed by atoms with Gasteiger partial charge in [0.25, 0.3) is 0 Å². The van der Waals surface area contributed by atoms with Gasteiger partial charge in [-0.3, -0.25) is 4.79 Å². The molecule has 1 aromatic heterocycles. The number of amides is 1. The minimum Gasteiger partial charge on any atom is -0.347 e. The number of nitrogens with zero attached hydrogens (tertiary/aromatic N) is 4. The van der Waals surface area contributed by atoms with Crippen LogP contribution in [0.2, 0.25) is 0 Å². The smallest absolute Gasteiger partial charge is 0.241 e. The molecular formula is C13H20N6O. The number of carbonyl (C=O) groups excluding carboxylic acids is 1.